The molecule has 0 spiro atoms. The smallest absolute Gasteiger partial charge is 0.146 e. The Bertz CT molecular complexity index is 386. The van der Waals surface area contributed by atoms with Gasteiger partial charge in [-0.3, -0.25) is 0 Å². The number of nitrogens with zero attached hydrogens (tertiary/aromatic N) is 1. The highest BCUT2D eigenvalue weighted by Crippen LogP contribution is 2.29. The van der Waals surface area contributed by atoms with Gasteiger partial charge in [0.2, 0.25) is 0 Å². The average molecular weight is 236 g/mol. The number of benzene rings is 1. The van der Waals surface area contributed by atoms with Gasteiger partial charge in [-0.15, -0.1) is 0 Å². The molecule has 2 nitrogen and oxygen atoms in total. The second-order valence-corrected chi connectivity index (χ2v) is 5.18. The molecule has 0 saturated heterocycles. The fourth-order valence-corrected chi connectivity index (χ4v) is 2.28. The van der Waals surface area contributed by atoms with Crippen molar-refractivity contribution in [2.45, 2.75) is 32.2 Å². The summed E-state index contributed by atoms with van der Waals surface area (Å²) in [6.45, 7) is 2.82. The highest BCUT2D eigenvalue weighted by atomic mass is 19.1. The summed E-state index contributed by atoms with van der Waals surface area (Å²) in [7, 11) is 1.96. The summed E-state index contributed by atoms with van der Waals surface area (Å²) in [4.78, 5) is 2.02. The van der Waals surface area contributed by atoms with Crippen LogP contribution in [0.25, 0.3) is 0 Å². The second kappa shape index (κ2) is 5.05. The fourth-order valence-electron chi connectivity index (χ4n) is 2.28. The lowest BCUT2D eigenvalue weighted by Crippen LogP contribution is -2.29. The lowest BCUT2D eigenvalue weighted by atomic mass is 9.85. The molecular formula is C14H21FN2. The Morgan fingerprint density at radius 3 is 2.65 bits per heavy atom. The Kier molecular flexibility index (Phi) is 3.67. The van der Waals surface area contributed by atoms with Crippen molar-refractivity contribution in [1.29, 1.82) is 0 Å². The van der Waals surface area contributed by atoms with Gasteiger partial charge in [-0.2, -0.15) is 0 Å². The van der Waals surface area contributed by atoms with E-state index in [-0.39, 0.29) is 11.9 Å². The molecule has 1 atom stereocenters. The molecule has 94 valence electrons. The Balaban J connectivity index is 2.08. The highest BCUT2D eigenvalue weighted by molar-refractivity contribution is 5.49. The zero-order chi connectivity index (χ0) is 12.4. The number of hydrogen-bond acceptors (Lipinski definition) is 2. The molecular weight excluding hydrogens is 215 g/mol. The third kappa shape index (κ3) is 2.78. The van der Waals surface area contributed by atoms with Crippen LogP contribution in [0.15, 0.2) is 18.2 Å². The minimum atomic E-state index is -0.165. The van der Waals surface area contributed by atoms with Gasteiger partial charge in [0.25, 0.3) is 0 Å². The van der Waals surface area contributed by atoms with E-state index in [0.717, 1.165) is 18.0 Å². The zero-order valence-electron chi connectivity index (χ0n) is 10.6. The van der Waals surface area contributed by atoms with Gasteiger partial charge in [-0.25, -0.2) is 4.39 Å². The molecule has 2 N–H and O–H groups in total. The van der Waals surface area contributed by atoms with E-state index in [4.69, 9.17) is 5.73 Å². The summed E-state index contributed by atoms with van der Waals surface area (Å²) < 4.78 is 13.9. The molecule has 1 aliphatic carbocycles. The topological polar surface area (TPSA) is 29.3 Å². The van der Waals surface area contributed by atoms with Crippen molar-refractivity contribution in [3.05, 3.63) is 29.6 Å². The minimum absolute atomic E-state index is 0.115. The predicted molar refractivity (Wildman–Crippen MR) is 69.6 cm³/mol. The van der Waals surface area contributed by atoms with Gasteiger partial charge in [0.1, 0.15) is 5.82 Å². The zero-order valence-corrected chi connectivity index (χ0v) is 10.6. The third-order valence-corrected chi connectivity index (χ3v) is 3.67. The molecule has 1 saturated carbocycles. The van der Waals surface area contributed by atoms with Gasteiger partial charge >= 0.3 is 0 Å². The van der Waals surface area contributed by atoms with Gasteiger partial charge < -0.3 is 10.6 Å². The van der Waals surface area contributed by atoms with E-state index in [1.54, 1.807) is 6.07 Å². The Hall–Kier alpha value is -1.09. The maximum Gasteiger partial charge on any atom is 0.146 e. The SMILES string of the molecule is C[C@@H](N)c1ccc(N(C)CC2CCC2)c(F)c1. The summed E-state index contributed by atoms with van der Waals surface area (Å²) in [5.74, 6) is 0.578. The maximum absolute atomic E-state index is 13.9. The van der Waals surface area contributed by atoms with Crippen molar-refractivity contribution in [3.63, 3.8) is 0 Å². The molecule has 0 unspecified atom stereocenters. The largest absolute Gasteiger partial charge is 0.372 e. The average Bonchev–Trinajstić information content (AvgIpc) is 2.22. The van der Waals surface area contributed by atoms with Crippen molar-refractivity contribution in [2.75, 3.05) is 18.5 Å². The summed E-state index contributed by atoms with van der Waals surface area (Å²) in [6.07, 6.45) is 3.89. The molecule has 1 aromatic rings. The molecule has 2 rings (SSSR count). The summed E-state index contributed by atoms with van der Waals surface area (Å²) in [6, 6.07) is 5.19. The Labute approximate surface area is 103 Å². The number of anilines is 1. The number of rotatable bonds is 4. The van der Waals surface area contributed by atoms with E-state index in [9.17, 15) is 4.39 Å². The number of hydrogen-bond donors (Lipinski definition) is 1. The van der Waals surface area contributed by atoms with E-state index in [0.29, 0.717) is 5.69 Å². The first-order valence-corrected chi connectivity index (χ1v) is 6.34. The van der Waals surface area contributed by atoms with Gasteiger partial charge in [-0.05, 0) is 43.4 Å². The van der Waals surface area contributed by atoms with Crippen molar-refractivity contribution >= 4 is 5.69 Å². The van der Waals surface area contributed by atoms with E-state index in [2.05, 4.69) is 0 Å². The van der Waals surface area contributed by atoms with Crippen LogP contribution in [0.1, 0.15) is 37.8 Å². The molecule has 1 aliphatic rings. The number of nitrogens with two attached hydrogens (primary N) is 1. The normalized spacial score (nSPS) is 17.6. The third-order valence-electron chi connectivity index (χ3n) is 3.67. The monoisotopic (exact) mass is 236 g/mol. The number of halogens is 1. The van der Waals surface area contributed by atoms with Crippen LogP contribution in [0.4, 0.5) is 10.1 Å². The van der Waals surface area contributed by atoms with E-state index in [1.165, 1.54) is 19.3 Å². The lowest BCUT2D eigenvalue weighted by Gasteiger charge is -2.31. The molecule has 3 heteroatoms. The van der Waals surface area contributed by atoms with Crippen molar-refractivity contribution in [2.24, 2.45) is 11.7 Å². The van der Waals surface area contributed by atoms with Crippen LogP contribution >= 0.6 is 0 Å². The van der Waals surface area contributed by atoms with E-state index in [1.807, 2.05) is 31.0 Å². The van der Waals surface area contributed by atoms with Crippen LogP contribution in [0.2, 0.25) is 0 Å². The predicted octanol–water partition coefficient (Wildman–Crippen LogP) is 3.08. The Morgan fingerprint density at radius 2 is 2.18 bits per heavy atom. The van der Waals surface area contributed by atoms with Crippen LogP contribution in [-0.2, 0) is 0 Å². The molecule has 1 fully saturated rings. The first-order valence-electron chi connectivity index (χ1n) is 6.34. The fraction of sp³-hybridized carbons (Fsp3) is 0.571. The van der Waals surface area contributed by atoms with E-state index < -0.39 is 0 Å². The molecule has 1 aromatic carbocycles. The molecule has 0 aromatic heterocycles. The molecule has 17 heavy (non-hydrogen) atoms. The van der Waals surface area contributed by atoms with Crippen LogP contribution in [-0.4, -0.2) is 13.6 Å². The second-order valence-electron chi connectivity index (χ2n) is 5.18. The summed E-state index contributed by atoms with van der Waals surface area (Å²) in [5.41, 5.74) is 7.27. The Morgan fingerprint density at radius 1 is 1.47 bits per heavy atom. The van der Waals surface area contributed by atoms with Gasteiger partial charge in [0.15, 0.2) is 0 Å². The first kappa shape index (κ1) is 12.4. The van der Waals surface area contributed by atoms with Gasteiger partial charge in [-0.1, -0.05) is 12.5 Å². The molecule has 0 heterocycles. The first-order chi connectivity index (χ1) is 8.08. The summed E-state index contributed by atoms with van der Waals surface area (Å²) in [5, 5.41) is 0. The standard InChI is InChI=1S/C14H21FN2/c1-10(16)12-6-7-14(13(15)8-12)17(2)9-11-4-3-5-11/h6-8,10-11H,3-5,9,16H2,1-2H3/t10-/m1/s1. The summed E-state index contributed by atoms with van der Waals surface area (Å²) >= 11 is 0. The van der Waals surface area contributed by atoms with Gasteiger partial charge in [0, 0.05) is 19.6 Å². The minimum Gasteiger partial charge on any atom is -0.372 e. The lowest BCUT2D eigenvalue weighted by molar-refractivity contribution is 0.321. The van der Waals surface area contributed by atoms with Crippen LogP contribution in [0.5, 0.6) is 0 Å². The van der Waals surface area contributed by atoms with Crippen LogP contribution in [0, 0.1) is 11.7 Å². The van der Waals surface area contributed by atoms with Crippen molar-refractivity contribution < 1.29 is 4.39 Å². The van der Waals surface area contributed by atoms with Crippen LogP contribution in [0.3, 0.4) is 0 Å². The quantitative estimate of drug-likeness (QED) is 0.870. The molecule has 0 bridgehead atoms. The maximum atomic E-state index is 13.9. The van der Waals surface area contributed by atoms with E-state index >= 15 is 0 Å². The highest BCUT2D eigenvalue weighted by Gasteiger charge is 2.20. The van der Waals surface area contributed by atoms with Crippen LogP contribution < -0.4 is 10.6 Å². The molecule has 0 amide bonds. The van der Waals surface area contributed by atoms with Crippen molar-refractivity contribution in [3.8, 4) is 0 Å². The van der Waals surface area contributed by atoms with Crippen molar-refractivity contribution in [1.82, 2.24) is 0 Å². The molecule has 0 radical (unpaired) electrons. The van der Waals surface area contributed by atoms with Gasteiger partial charge in [0.05, 0.1) is 5.69 Å². The molecule has 0 aliphatic heterocycles.